The first-order chi connectivity index (χ1) is 8.75. The minimum absolute atomic E-state index is 0.0588. The normalized spacial score (nSPS) is 27.9. The molecule has 1 saturated carbocycles. The molecule has 1 aliphatic heterocycles. The van der Waals surface area contributed by atoms with E-state index >= 15 is 0 Å². The van der Waals surface area contributed by atoms with Gasteiger partial charge in [0.25, 0.3) is 5.91 Å². The van der Waals surface area contributed by atoms with Crippen LogP contribution in [0.4, 0.5) is 0 Å². The van der Waals surface area contributed by atoms with Crippen LogP contribution in [0.3, 0.4) is 0 Å². The lowest BCUT2D eigenvalue weighted by atomic mass is 9.78. The van der Waals surface area contributed by atoms with Crippen LogP contribution in [0.2, 0.25) is 0 Å². The Morgan fingerprint density at radius 2 is 2.11 bits per heavy atom. The number of carbonyl (C=O) groups excluding carboxylic acids is 1. The van der Waals surface area contributed by atoms with E-state index in [1.807, 2.05) is 11.8 Å². The van der Waals surface area contributed by atoms with Gasteiger partial charge in [-0.1, -0.05) is 18.0 Å². The topological polar surface area (TPSA) is 46.3 Å². The zero-order chi connectivity index (χ0) is 12.5. The summed E-state index contributed by atoms with van der Waals surface area (Å²) >= 11 is 0. The maximum Gasteiger partial charge on any atom is 0.276 e. The second kappa shape index (κ2) is 4.75. The summed E-state index contributed by atoms with van der Waals surface area (Å²) in [5.74, 6) is 1.48. The van der Waals surface area contributed by atoms with Crippen LogP contribution in [0.1, 0.15) is 54.8 Å². The van der Waals surface area contributed by atoms with Gasteiger partial charge in [0.15, 0.2) is 5.69 Å². The van der Waals surface area contributed by atoms with Crippen LogP contribution >= 0.6 is 0 Å². The Kier molecular flexibility index (Phi) is 3.10. The predicted molar refractivity (Wildman–Crippen MR) is 67.3 cm³/mol. The fraction of sp³-hybridized carbons (Fsp3) is 0.714. The average molecular weight is 248 g/mol. The number of aromatic nitrogens is 1. The summed E-state index contributed by atoms with van der Waals surface area (Å²) in [5.41, 5.74) is 0.471. The van der Waals surface area contributed by atoms with E-state index in [-0.39, 0.29) is 5.91 Å². The molecule has 98 valence electrons. The monoisotopic (exact) mass is 248 g/mol. The van der Waals surface area contributed by atoms with Crippen LogP contribution in [-0.2, 0) is 0 Å². The molecule has 0 unspecified atom stereocenters. The second-order valence-corrected chi connectivity index (χ2v) is 5.58. The van der Waals surface area contributed by atoms with Crippen LogP contribution in [-0.4, -0.2) is 28.6 Å². The van der Waals surface area contributed by atoms with Crippen molar-refractivity contribution in [2.75, 3.05) is 6.54 Å². The quantitative estimate of drug-likeness (QED) is 0.767. The van der Waals surface area contributed by atoms with E-state index < -0.39 is 0 Å². The number of hydrogen-bond acceptors (Lipinski definition) is 3. The molecular weight excluding hydrogens is 228 g/mol. The summed E-state index contributed by atoms with van der Waals surface area (Å²) in [7, 11) is 0. The number of nitrogens with zero attached hydrogens (tertiary/aromatic N) is 2. The van der Waals surface area contributed by atoms with Gasteiger partial charge < -0.3 is 9.42 Å². The molecule has 18 heavy (non-hydrogen) atoms. The Morgan fingerprint density at radius 1 is 1.33 bits per heavy atom. The van der Waals surface area contributed by atoms with Gasteiger partial charge in [0.2, 0.25) is 0 Å². The molecule has 0 radical (unpaired) electrons. The molecule has 2 aliphatic rings. The van der Waals surface area contributed by atoms with E-state index in [0.29, 0.717) is 23.4 Å². The minimum Gasteiger partial charge on any atom is -0.361 e. The summed E-state index contributed by atoms with van der Waals surface area (Å²) in [5, 5.41) is 3.86. The summed E-state index contributed by atoms with van der Waals surface area (Å²) in [6, 6.07) is 2.19. The Hall–Kier alpha value is -1.32. The Labute approximate surface area is 107 Å². The lowest BCUT2D eigenvalue weighted by Crippen LogP contribution is -2.49. The number of piperidine rings is 1. The molecular formula is C14H20N2O2. The van der Waals surface area contributed by atoms with Gasteiger partial charge in [-0.3, -0.25) is 4.79 Å². The predicted octanol–water partition coefficient (Wildman–Crippen LogP) is 2.78. The van der Waals surface area contributed by atoms with Gasteiger partial charge in [0.05, 0.1) is 0 Å². The molecule has 4 nitrogen and oxygen atoms in total. The largest absolute Gasteiger partial charge is 0.361 e. The van der Waals surface area contributed by atoms with Crippen molar-refractivity contribution in [1.82, 2.24) is 10.1 Å². The van der Waals surface area contributed by atoms with E-state index in [1.54, 1.807) is 6.07 Å². The fourth-order valence-electron chi connectivity index (χ4n) is 3.49. The molecule has 0 aromatic carbocycles. The Morgan fingerprint density at radius 3 is 2.89 bits per heavy atom. The van der Waals surface area contributed by atoms with Gasteiger partial charge >= 0.3 is 0 Å². The fourth-order valence-corrected chi connectivity index (χ4v) is 3.49. The maximum absolute atomic E-state index is 12.5. The SMILES string of the molecule is Cc1cc(C(=O)N2CCC[C@@H]3CCCC[C@@H]32)no1. The van der Waals surface area contributed by atoms with Crippen molar-refractivity contribution in [1.29, 1.82) is 0 Å². The molecule has 1 aromatic heterocycles. The zero-order valence-corrected chi connectivity index (χ0v) is 10.9. The van der Waals surface area contributed by atoms with Crippen molar-refractivity contribution < 1.29 is 9.32 Å². The molecule has 1 amide bonds. The van der Waals surface area contributed by atoms with Crippen LogP contribution in [0.25, 0.3) is 0 Å². The molecule has 3 rings (SSSR count). The van der Waals surface area contributed by atoms with Crippen LogP contribution in [0.5, 0.6) is 0 Å². The van der Waals surface area contributed by atoms with E-state index in [9.17, 15) is 4.79 Å². The number of likely N-dealkylation sites (tertiary alicyclic amines) is 1. The van der Waals surface area contributed by atoms with Crippen LogP contribution in [0, 0.1) is 12.8 Å². The lowest BCUT2D eigenvalue weighted by molar-refractivity contribution is 0.0381. The summed E-state index contributed by atoms with van der Waals surface area (Å²) in [4.78, 5) is 14.5. The first-order valence-corrected chi connectivity index (χ1v) is 7.00. The van der Waals surface area contributed by atoms with Crippen molar-refractivity contribution in [2.45, 2.75) is 51.5 Å². The highest BCUT2D eigenvalue weighted by Gasteiger charge is 2.36. The van der Waals surface area contributed by atoms with Crippen molar-refractivity contribution >= 4 is 5.91 Å². The standard InChI is InChI=1S/C14H20N2O2/c1-10-9-12(15-18-10)14(17)16-8-4-6-11-5-2-3-7-13(11)16/h9,11,13H,2-8H2,1H3/t11-,13-/m0/s1. The van der Waals surface area contributed by atoms with Gasteiger partial charge in [-0.25, -0.2) is 0 Å². The molecule has 0 spiro atoms. The second-order valence-electron chi connectivity index (χ2n) is 5.58. The minimum atomic E-state index is 0.0588. The number of fused-ring (bicyclic) bond motifs is 1. The molecule has 2 fully saturated rings. The molecule has 1 aliphatic carbocycles. The highest BCUT2D eigenvalue weighted by Crippen LogP contribution is 2.35. The molecule has 0 N–H and O–H groups in total. The van der Waals surface area contributed by atoms with Crippen LogP contribution in [0.15, 0.2) is 10.6 Å². The number of carbonyl (C=O) groups is 1. The molecule has 1 aromatic rings. The van der Waals surface area contributed by atoms with Crippen molar-refractivity contribution in [3.05, 3.63) is 17.5 Å². The highest BCUT2D eigenvalue weighted by molar-refractivity contribution is 5.92. The van der Waals surface area contributed by atoms with E-state index in [4.69, 9.17) is 4.52 Å². The molecule has 2 atom stereocenters. The average Bonchev–Trinajstić information content (AvgIpc) is 2.84. The number of rotatable bonds is 1. The first kappa shape index (κ1) is 11.8. The van der Waals surface area contributed by atoms with E-state index in [0.717, 1.165) is 19.4 Å². The number of amides is 1. The van der Waals surface area contributed by atoms with Crippen molar-refractivity contribution in [3.63, 3.8) is 0 Å². The third kappa shape index (κ3) is 2.04. The summed E-state index contributed by atoms with van der Waals surface area (Å²) < 4.78 is 5.01. The van der Waals surface area contributed by atoms with Gasteiger partial charge in [-0.05, 0) is 38.5 Å². The third-order valence-corrected chi connectivity index (χ3v) is 4.35. The van der Waals surface area contributed by atoms with Crippen molar-refractivity contribution in [2.24, 2.45) is 5.92 Å². The maximum atomic E-state index is 12.5. The molecule has 4 heteroatoms. The smallest absolute Gasteiger partial charge is 0.276 e. The Balaban J connectivity index is 1.79. The first-order valence-electron chi connectivity index (χ1n) is 7.00. The lowest BCUT2D eigenvalue weighted by Gasteiger charge is -2.43. The van der Waals surface area contributed by atoms with E-state index in [1.165, 1.54) is 25.7 Å². The zero-order valence-electron chi connectivity index (χ0n) is 10.9. The molecule has 0 bridgehead atoms. The summed E-state index contributed by atoms with van der Waals surface area (Å²) in [6.45, 7) is 2.70. The Bertz CT molecular complexity index is 439. The highest BCUT2D eigenvalue weighted by atomic mass is 16.5. The molecule has 2 heterocycles. The summed E-state index contributed by atoms with van der Waals surface area (Å²) in [6.07, 6.45) is 7.44. The van der Waals surface area contributed by atoms with Gasteiger partial charge in [-0.2, -0.15) is 0 Å². The van der Waals surface area contributed by atoms with Crippen LogP contribution < -0.4 is 0 Å². The van der Waals surface area contributed by atoms with Gasteiger partial charge in [0, 0.05) is 18.7 Å². The van der Waals surface area contributed by atoms with Gasteiger partial charge in [0.1, 0.15) is 5.76 Å². The van der Waals surface area contributed by atoms with E-state index in [2.05, 4.69) is 5.16 Å². The van der Waals surface area contributed by atoms with Crippen molar-refractivity contribution in [3.8, 4) is 0 Å². The number of hydrogen-bond donors (Lipinski definition) is 0. The third-order valence-electron chi connectivity index (χ3n) is 4.35. The van der Waals surface area contributed by atoms with Gasteiger partial charge in [-0.15, -0.1) is 0 Å². The number of aryl methyl sites for hydroxylation is 1. The molecule has 1 saturated heterocycles.